The first-order chi connectivity index (χ1) is 8.49. The van der Waals surface area contributed by atoms with Gasteiger partial charge in [0.05, 0.1) is 11.3 Å². The Morgan fingerprint density at radius 1 is 1.39 bits per heavy atom. The molecule has 0 amide bonds. The zero-order valence-electron chi connectivity index (χ0n) is 11.5. The second kappa shape index (κ2) is 4.96. The van der Waals surface area contributed by atoms with Crippen LogP contribution in [0.5, 0.6) is 0 Å². The maximum Gasteiger partial charge on any atom is 0.195 e. The number of rotatable bonds is 3. The second-order valence-corrected chi connectivity index (χ2v) is 5.47. The minimum Gasteiger partial charge on any atom is -0.383 e. The number of hydrogen-bond donors (Lipinski definition) is 0. The molecule has 0 aromatic carbocycles. The Balaban J connectivity index is 2.35. The van der Waals surface area contributed by atoms with Crippen LogP contribution in [-0.4, -0.2) is 29.9 Å². The van der Waals surface area contributed by atoms with Crippen molar-refractivity contribution in [1.82, 2.24) is 10.1 Å². The molecule has 18 heavy (non-hydrogen) atoms. The first-order valence-electron chi connectivity index (χ1n) is 6.38. The number of fused-ring (bicyclic) bond motifs is 1. The molecule has 1 aliphatic rings. The van der Waals surface area contributed by atoms with E-state index in [0.29, 0.717) is 11.5 Å². The highest BCUT2D eigenvalue weighted by Crippen LogP contribution is 2.29. The Bertz CT molecular complexity index is 484. The Labute approximate surface area is 108 Å². The minimum atomic E-state index is 0.0850. The summed E-state index contributed by atoms with van der Waals surface area (Å²) in [7, 11) is 3.86. The summed E-state index contributed by atoms with van der Waals surface area (Å²) < 4.78 is 5.30. The summed E-state index contributed by atoms with van der Waals surface area (Å²) >= 11 is 0. The van der Waals surface area contributed by atoms with E-state index >= 15 is 0 Å². The van der Waals surface area contributed by atoms with E-state index in [1.807, 2.05) is 25.2 Å². The smallest absolute Gasteiger partial charge is 0.195 e. The molecular weight excluding hydrogens is 228 g/mol. The highest BCUT2D eigenvalue weighted by molar-refractivity contribution is 6.11. The van der Waals surface area contributed by atoms with Crippen LogP contribution in [0.3, 0.4) is 0 Å². The maximum absolute atomic E-state index is 12.4. The Morgan fingerprint density at radius 2 is 2.11 bits per heavy atom. The molecule has 4 heteroatoms. The van der Waals surface area contributed by atoms with Gasteiger partial charge in [0.15, 0.2) is 5.78 Å². The lowest BCUT2D eigenvalue weighted by Crippen LogP contribution is -2.17. The van der Waals surface area contributed by atoms with Gasteiger partial charge in [-0.15, -0.1) is 0 Å². The van der Waals surface area contributed by atoms with Crippen molar-refractivity contribution >= 4 is 5.78 Å². The zero-order chi connectivity index (χ0) is 13.3. The predicted molar refractivity (Wildman–Crippen MR) is 69.5 cm³/mol. The topological polar surface area (TPSA) is 46.3 Å². The molecule has 2 rings (SSSR count). The van der Waals surface area contributed by atoms with Gasteiger partial charge in [-0.2, -0.15) is 0 Å². The zero-order valence-corrected chi connectivity index (χ0v) is 11.5. The number of aromatic nitrogens is 1. The number of hydrogen-bond acceptors (Lipinski definition) is 4. The van der Waals surface area contributed by atoms with Crippen LogP contribution < -0.4 is 0 Å². The summed E-state index contributed by atoms with van der Waals surface area (Å²) in [4.78, 5) is 14.3. The lowest BCUT2D eigenvalue weighted by molar-refractivity contribution is 0.102. The summed E-state index contributed by atoms with van der Waals surface area (Å²) in [6, 6.07) is 0. The maximum atomic E-state index is 12.4. The molecule has 0 fully saturated rings. The van der Waals surface area contributed by atoms with E-state index < -0.39 is 0 Å². The van der Waals surface area contributed by atoms with Crippen molar-refractivity contribution in [2.45, 2.75) is 33.1 Å². The van der Waals surface area contributed by atoms with Gasteiger partial charge in [-0.25, -0.2) is 0 Å². The summed E-state index contributed by atoms with van der Waals surface area (Å²) in [6.45, 7) is 4.23. The van der Waals surface area contributed by atoms with Gasteiger partial charge in [-0.1, -0.05) is 19.0 Å². The quantitative estimate of drug-likeness (QED) is 0.771. The van der Waals surface area contributed by atoms with Crippen LogP contribution in [-0.2, 0) is 12.8 Å². The van der Waals surface area contributed by atoms with Crippen molar-refractivity contribution in [3.63, 3.8) is 0 Å². The second-order valence-electron chi connectivity index (χ2n) is 5.47. The molecule has 4 nitrogen and oxygen atoms in total. The first-order valence-corrected chi connectivity index (χ1v) is 6.38. The van der Waals surface area contributed by atoms with Crippen molar-refractivity contribution in [2.24, 2.45) is 5.92 Å². The van der Waals surface area contributed by atoms with E-state index in [1.54, 1.807) is 0 Å². The molecule has 0 bridgehead atoms. The first kappa shape index (κ1) is 12.9. The number of ketones is 1. The van der Waals surface area contributed by atoms with E-state index in [0.717, 1.165) is 36.3 Å². The van der Waals surface area contributed by atoms with Crippen LogP contribution in [0, 0.1) is 5.92 Å². The third-order valence-electron chi connectivity index (χ3n) is 2.99. The molecule has 0 aliphatic heterocycles. The molecule has 1 heterocycles. The standard InChI is InChI=1S/C14H20N2O2/c1-9(2)7-11-13-12(18-15-11)6-5-10(14(13)17)8-16(3)4/h8-9H,5-7H2,1-4H3/b10-8-. The van der Waals surface area contributed by atoms with Gasteiger partial charge in [0.1, 0.15) is 5.76 Å². The number of nitrogens with zero attached hydrogens (tertiary/aromatic N) is 2. The van der Waals surface area contributed by atoms with Crippen molar-refractivity contribution in [3.05, 3.63) is 28.8 Å². The molecule has 0 saturated heterocycles. The van der Waals surface area contributed by atoms with Crippen molar-refractivity contribution in [2.75, 3.05) is 14.1 Å². The van der Waals surface area contributed by atoms with Gasteiger partial charge in [0.25, 0.3) is 0 Å². The largest absolute Gasteiger partial charge is 0.383 e. The van der Waals surface area contributed by atoms with Crippen LogP contribution >= 0.6 is 0 Å². The molecular formula is C14H20N2O2. The highest BCUT2D eigenvalue weighted by atomic mass is 16.5. The third kappa shape index (κ3) is 2.47. The number of aryl methyl sites for hydroxylation is 1. The fraction of sp³-hybridized carbons (Fsp3) is 0.571. The molecule has 1 aromatic heterocycles. The lowest BCUT2D eigenvalue weighted by atomic mass is 9.89. The summed E-state index contributed by atoms with van der Waals surface area (Å²) in [5.74, 6) is 1.31. The van der Waals surface area contributed by atoms with Crippen molar-refractivity contribution in [3.8, 4) is 0 Å². The Kier molecular flexibility index (Phi) is 3.55. The van der Waals surface area contributed by atoms with Crippen molar-refractivity contribution < 1.29 is 9.32 Å². The van der Waals surface area contributed by atoms with Crippen molar-refractivity contribution in [1.29, 1.82) is 0 Å². The average molecular weight is 248 g/mol. The van der Waals surface area contributed by atoms with Crippen LogP contribution in [0.1, 0.15) is 42.1 Å². The fourth-order valence-electron chi connectivity index (χ4n) is 2.27. The number of Topliss-reactive ketones (excluding diaryl/α,β-unsaturated/α-hetero) is 1. The minimum absolute atomic E-state index is 0.0850. The van der Waals surface area contributed by atoms with E-state index in [2.05, 4.69) is 19.0 Å². The molecule has 0 saturated carbocycles. The highest BCUT2D eigenvalue weighted by Gasteiger charge is 2.29. The van der Waals surface area contributed by atoms with Gasteiger partial charge in [0.2, 0.25) is 0 Å². The van der Waals surface area contributed by atoms with Gasteiger partial charge in [0, 0.05) is 32.3 Å². The van der Waals surface area contributed by atoms with Gasteiger partial charge in [-0.3, -0.25) is 4.79 Å². The molecule has 1 aromatic rings. The van der Waals surface area contributed by atoms with Crippen LogP contribution in [0.15, 0.2) is 16.3 Å². The van der Waals surface area contributed by atoms with E-state index in [-0.39, 0.29) is 5.78 Å². The predicted octanol–water partition coefficient (Wildman–Crippen LogP) is 2.45. The summed E-state index contributed by atoms with van der Waals surface area (Å²) in [6.07, 6.45) is 4.20. The Hall–Kier alpha value is -1.58. The normalized spacial score (nSPS) is 17.4. The van der Waals surface area contributed by atoms with E-state index in [4.69, 9.17) is 4.52 Å². The van der Waals surface area contributed by atoms with Gasteiger partial charge in [-0.05, 0) is 18.8 Å². The van der Waals surface area contributed by atoms with Crippen LogP contribution in [0.25, 0.3) is 0 Å². The monoisotopic (exact) mass is 248 g/mol. The molecule has 0 N–H and O–H groups in total. The number of carbonyl (C=O) groups excluding carboxylic acids is 1. The lowest BCUT2D eigenvalue weighted by Gasteiger charge is -2.15. The molecule has 0 atom stereocenters. The third-order valence-corrected chi connectivity index (χ3v) is 2.99. The molecule has 0 spiro atoms. The average Bonchev–Trinajstić information content (AvgIpc) is 2.65. The molecule has 1 aliphatic carbocycles. The Morgan fingerprint density at radius 3 is 2.72 bits per heavy atom. The number of carbonyl (C=O) groups is 1. The van der Waals surface area contributed by atoms with E-state index in [9.17, 15) is 4.79 Å². The summed E-state index contributed by atoms with van der Waals surface area (Å²) in [5, 5.41) is 4.07. The SMILES string of the molecule is CC(C)Cc1noc2c1C(=O)/C(=C\N(C)C)CC2. The fourth-order valence-corrected chi connectivity index (χ4v) is 2.27. The molecule has 0 unspecified atom stereocenters. The van der Waals surface area contributed by atoms with Crippen LogP contribution in [0.4, 0.5) is 0 Å². The number of allylic oxidation sites excluding steroid dienone is 1. The van der Waals surface area contributed by atoms with E-state index in [1.165, 1.54) is 0 Å². The van der Waals surface area contributed by atoms with Gasteiger partial charge >= 0.3 is 0 Å². The molecule has 98 valence electrons. The summed E-state index contributed by atoms with van der Waals surface area (Å²) in [5.41, 5.74) is 2.37. The molecule has 0 radical (unpaired) electrons. The van der Waals surface area contributed by atoms with Gasteiger partial charge < -0.3 is 9.42 Å². The van der Waals surface area contributed by atoms with Crippen LogP contribution in [0.2, 0.25) is 0 Å².